The van der Waals surface area contributed by atoms with Crippen LogP contribution in [0.5, 0.6) is 0 Å². The third-order valence-electron chi connectivity index (χ3n) is 3.31. The van der Waals surface area contributed by atoms with Crippen LogP contribution in [0.1, 0.15) is 16.7 Å². The maximum Gasteiger partial charge on any atom is 0.411 e. The number of hydrogen-bond acceptors (Lipinski definition) is 2. The van der Waals surface area contributed by atoms with Crippen LogP contribution in [0.4, 0.5) is 18.9 Å². The summed E-state index contributed by atoms with van der Waals surface area (Å²) >= 11 is 0. The second kappa shape index (κ2) is 8.53. The fourth-order valence-corrected chi connectivity index (χ4v) is 2.03. The Labute approximate surface area is 144 Å². The van der Waals surface area contributed by atoms with E-state index in [1.54, 1.807) is 24.3 Å². The van der Waals surface area contributed by atoms with Crippen LogP contribution in [0.2, 0.25) is 0 Å². The van der Waals surface area contributed by atoms with Crippen LogP contribution in [0.15, 0.2) is 53.5 Å². The third-order valence-corrected chi connectivity index (χ3v) is 3.31. The Morgan fingerprint density at radius 1 is 1.04 bits per heavy atom. The lowest BCUT2D eigenvalue weighted by Crippen LogP contribution is -2.22. The first kappa shape index (κ1) is 18.8. The number of hydrogen-bond donors (Lipinski definition) is 2. The molecule has 2 rings (SSSR count). The zero-order valence-electron chi connectivity index (χ0n) is 13.8. The molecule has 0 radical (unpaired) electrons. The maximum absolute atomic E-state index is 12.0. The van der Waals surface area contributed by atoms with Gasteiger partial charge in [-0.25, -0.2) is 4.99 Å². The van der Waals surface area contributed by atoms with E-state index in [4.69, 9.17) is 5.73 Å². The van der Waals surface area contributed by atoms with Crippen molar-refractivity contribution in [2.45, 2.75) is 26.3 Å². The van der Waals surface area contributed by atoms with Crippen molar-refractivity contribution in [1.29, 1.82) is 0 Å². The Morgan fingerprint density at radius 2 is 1.64 bits per heavy atom. The Bertz CT molecular complexity index is 695. The van der Waals surface area contributed by atoms with E-state index in [9.17, 15) is 13.2 Å². The monoisotopic (exact) mass is 351 g/mol. The van der Waals surface area contributed by atoms with E-state index < -0.39 is 12.8 Å². The second-order valence-corrected chi connectivity index (χ2v) is 5.62. The largest absolute Gasteiger partial charge is 0.411 e. The van der Waals surface area contributed by atoms with Crippen LogP contribution in [0.25, 0.3) is 0 Å². The van der Waals surface area contributed by atoms with Gasteiger partial charge >= 0.3 is 6.18 Å². The lowest BCUT2D eigenvalue weighted by molar-refractivity contribution is -0.176. The average Bonchev–Trinajstić information content (AvgIpc) is 2.55. The van der Waals surface area contributed by atoms with Gasteiger partial charge in [0.15, 0.2) is 5.96 Å². The number of ether oxygens (including phenoxy) is 1. The zero-order valence-corrected chi connectivity index (χ0v) is 13.8. The summed E-state index contributed by atoms with van der Waals surface area (Å²) in [6, 6.07) is 14.8. The molecule has 0 aliphatic rings. The van der Waals surface area contributed by atoms with Crippen LogP contribution in [0.3, 0.4) is 0 Å². The van der Waals surface area contributed by atoms with Crippen LogP contribution >= 0.6 is 0 Å². The molecule has 0 spiro atoms. The molecule has 0 aliphatic heterocycles. The highest BCUT2D eigenvalue weighted by atomic mass is 19.4. The van der Waals surface area contributed by atoms with E-state index in [-0.39, 0.29) is 6.61 Å². The van der Waals surface area contributed by atoms with Crippen molar-refractivity contribution in [1.82, 2.24) is 0 Å². The fourth-order valence-electron chi connectivity index (χ4n) is 2.03. The summed E-state index contributed by atoms with van der Waals surface area (Å²) in [5, 5.41) is 2.99. The number of benzene rings is 2. The lowest BCUT2D eigenvalue weighted by Gasteiger charge is -2.08. The Balaban J connectivity index is 1.82. The van der Waals surface area contributed by atoms with Crippen molar-refractivity contribution in [2.24, 2.45) is 10.7 Å². The summed E-state index contributed by atoms with van der Waals surface area (Å²) in [5.74, 6) is 0.293. The number of guanidine groups is 1. The quantitative estimate of drug-likeness (QED) is 0.611. The molecule has 0 fully saturated rings. The number of anilines is 1. The highest BCUT2D eigenvalue weighted by molar-refractivity contribution is 5.92. The first-order valence-electron chi connectivity index (χ1n) is 7.68. The average molecular weight is 351 g/mol. The highest BCUT2D eigenvalue weighted by Gasteiger charge is 2.27. The van der Waals surface area contributed by atoms with Crippen LogP contribution in [-0.4, -0.2) is 18.7 Å². The summed E-state index contributed by atoms with van der Waals surface area (Å²) in [6.45, 7) is 1.04. The molecule has 0 aromatic heterocycles. The van der Waals surface area contributed by atoms with Gasteiger partial charge in [-0.2, -0.15) is 13.2 Å². The molecule has 0 amide bonds. The minimum atomic E-state index is -4.31. The standard InChI is InChI=1S/C18H20F3N3O/c1-13-2-8-16(9-3-13)24-17(22)23-10-14-4-6-15(7-5-14)11-25-12-18(19,20)21/h2-9H,10-12H2,1H3,(H3,22,23,24). The first-order chi connectivity index (χ1) is 11.8. The van der Waals surface area contributed by atoms with Gasteiger partial charge < -0.3 is 15.8 Å². The van der Waals surface area contributed by atoms with Gasteiger partial charge in [0.25, 0.3) is 0 Å². The molecule has 0 heterocycles. The number of alkyl halides is 3. The number of nitrogens with two attached hydrogens (primary N) is 1. The van der Waals surface area contributed by atoms with Gasteiger partial charge in [0, 0.05) is 5.69 Å². The SMILES string of the molecule is Cc1ccc(NC(N)=NCc2ccc(COCC(F)(F)F)cc2)cc1. The molecule has 0 unspecified atom stereocenters. The number of aryl methyl sites for hydroxylation is 1. The van der Waals surface area contributed by atoms with Gasteiger partial charge in [0.2, 0.25) is 0 Å². The van der Waals surface area contributed by atoms with Crippen molar-refractivity contribution in [3.05, 3.63) is 65.2 Å². The molecule has 0 saturated carbocycles. The molecule has 2 aromatic rings. The van der Waals surface area contributed by atoms with E-state index in [1.807, 2.05) is 31.2 Å². The second-order valence-electron chi connectivity index (χ2n) is 5.62. The smallest absolute Gasteiger partial charge is 0.370 e. The normalized spacial score (nSPS) is 12.2. The molecule has 0 aliphatic carbocycles. The molecule has 0 atom stereocenters. The van der Waals surface area contributed by atoms with E-state index in [1.165, 1.54) is 0 Å². The van der Waals surface area contributed by atoms with Crippen molar-refractivity contribution < 1.29 is 17.9 Å². The molecular weight excluding hydrogens is 331 g/mol. The van der Waals surface area contributed by atoms with E-state index in [2.05, 4.69) is 15.0 Å². The van der Waals surface area contributed by atoms with E-state index in [0.29, 0.717) is 18.1 Å². The van der Waals surface area contributed by atoms with E-state index in [0.717, 1.165) is 16.8 Å². The summed E-state index contributed by atoms with van der Waals surface area (Å²) < 4.78 is 40.7. The number of aliphatic imine (C=N–C) groups is 1. The molecule has 4 nitrogen and oxygen atoms in total. The maximum atomic E-state index is 12.0. The predicted octanol–water partition coefficient (Wildman–Crippen LogP) is 4.00. The first-order valence-corrected chi connectivity index (χ1v) is 7.68. The molecule has 0 bridgehead atoms. The van der Waals surface area contributed by atoms with Gasteiger partial charge in [-0.1, -0.05) is 42.0 Å². The van der Waals surface area contributed by atoms with Gasteiger partial charge in [-0.3, -0.25) is 0 Å². The molecule has 134 valence electrons. The molecule has 2 aromatic carbocycles. The van der Waals surface area contributed by atoms with Crippen LogP contribution in [0, 0.1) is 6.92 Å². The molecular formula is C18H20F3N3O. The van der Waals surface area contributed by atoms with Gasteiger partial charge in [0.1, 0.15) is 6.61 Å². The number of nitrogens with one attached hydrogen (secondary N) is 1. The van der Waals surface area contributed by atoms with Crippen molar-refractivity contribution in [3.63, 3.8) is 0 Å². The van der Waals surface area contributed by atoms with Crippen molar-refractivity contribution >= 4 is 11.6 Å². The van der Waals surface area contributed by atoms with Gasteiger partial charge in [0.05, 0.1) is 13.2 Å². The Hall–Kier alpha value is -2.54. The van der Waals surface area contributed by atoms with E-state index >= 15 is 0 Å². The Morgan fingerprint density at radius 3 is 2.24 bits per heavy atom. The Kier molecular flexibility index (Phi) is 6.41. The summed E-state index contributed by atoms with van der Waals surface area (Å²) in [4.78, 5) is 4.24. The minimum Gasteiger partial charge on any atom is -0.370 e. The molecule has 25 heavy (non-hydrogen) atoms. The number of halogens is 3. The van der Waals surface area contributed by atoms with Gasteiger partial charge in [-0.15, -0.1) is 0 Å². The number of nitrogens with zero attached hydrogens (tertiary/aromatic N) is 1. The summed E-state index contributed by atoms with van der Waals surface area (Å²) in [5.41, 5.74) is 9.41. The van der Waals surface area contributed by atoms with Crippen molar-refractivity contribution in [3.8, 4) is 0 Å². The molecule has 7 heteroatoms. The summed E-state index contributed by atoms with van der Waals surface area (Å²) in [7, 11) is 0. The highest BCUT2D eigenvalue weighted by Crippen LogP contribution is 2.16. The van der Waals surface area contributed by atoms with Gasteiger partial charge in [-0.05, 0) is 30.2 Å². The minimum absolute atomic E-state index is 0.0832. The third kappa shape index (κ3) is 7.26. The zero-order chi connectivity index (χ0) is 18.3. The fraction of sp³-hybridized carbons (Fsp3) is 0.278. The topological polar surface area (TPSA) is 59.6 Å². The van der Waals surface area contributed by atoms with Crippen molar-refractivity contribution in [2.75, 3.05) is 11.9 Å². The molecule has 0 saturated heterocycles. The molecule has 3 N–H and O–H groups in total. The van der Waals surface area contributed by atoms with Crippen LogP contribution < -0.4 is 11.1 Å². The van der Waals surface area contributed by atoms with Crippen LogP contribution in [-0.2, 0) is 17.9 Å². The number of rotatable bonds is 6. The summed E-state index contributed by atoms with van der Waals surface area (Å²) in [6.07, 6.45) is -4.31. The lowest BCUT2D eigenvalue weighted by atomic mass is 10.1. The predicted molar refractivity (Wildman–Crippen MR) is 92.3 cm³/mol.